The van der Waals surface area contributed by atoms with Gasteiger partial charge in [0.15, 0.2) is 11.5 Å². The van der Waals surface area contributed by atoms with Crippen LogP contribution in [0.3, 0.4) is 0 Å². The minimum Gasteiger partial charge on any atom is -0.493 e. The second kappa shape index (κ2) is 8.43. The molecule has 1 amide bonds. The van der Waals surface area contributed by atoms with Crippen molar-refractivity contribution in [1.29, 1.82) is 0 Å². The van der Waals surface area contributed by atoms with E-state index in [-0.39, 0.29) is 5.91 Å². The standard InChI is InChI=1S/C22H23N3O3/c1-15-13-16(2)25(24-15)19-8-6-5-7-18(19)23-22(26)12-10-17-9-11-20(27-3)21(14-17)28-4/h5-14H,1-4H3,(H,23,26)/b12-10+. The van der Waals surface area contributed by atoms with Crippen LogP contribution in [0.15, 0.2) is 54.6 Å². The summed E-state index contributed by atoms with van der Waals surface area (Å²) in [5.74, 6) is 1.02. The first-order valence-corrected chi connectivity index (χ1v) is 8.85. The Bertz CT molecular complexity index is 1020. The molecule has 0 atom stereocenters. The third-order valence-electron chi connectivity index (χ3n) is 4.23. The zero-order valence-electron chi connectivity index (χ0n) is 16.4. The van der Waals surface area contributed by atoms with Crippen molar-refractivity contribution in [2.24, 2.45) is 0 Å². The Labute approximate surface area is 164 Å². The maximum Gasteiger partial charge on any atom is 0.248 e. The van der Waals surface area contributed by atoms with E-state index in [0.29, 0.717) is 17.2 Å². The van der Waals surface area contributed by atoms with Crippen LogP contribution in [0.25, 0.3) is 11.8 Å². The van der Waals surface area contributed by atoms with Crippen molar-refractivity contribution < 1.29 is 14.3 Å². The van der Waals surface area contributed by atoms with Crippen molar-refractivity contribution in [2.45, 2.75) is 13.8 Å². The third kappa shape index (κ3) is 4.23. The second-order valence-electron chi connectivity index (χ2n) is 6.29. The first-order valence-electron chi connectivity index (χ1n) is 8.85. The van der Waals surface area contributed by atoms with Gasteiger partial charge in [0.2, 0.25) is 5.91 Å². The number of ether oxygens (including phenoxy) is 2. The highest BCUT2D eigenvalue weighted by atomic mass is 16.5. The molecular formula is C22H23N3O3. The van der Waals surface area contributed by atoms with Crippen molar-refractivity contribution in [3.8, 4) is 17.2 Å². The Morgan fingerprint density at radius 3 is 2.46 bits per heavy atom. The van der Waals surface area contributed by atoms with Crippen LogP contribution in [0.5, 0.6) is 11.5 Å². The molecule has 144 valence electrons. The summed E-state index contributed by atoms with van der Waals surface area (Å²) in [6.45, 7) is 3.92. The van der Waals surface area contributed by atoms with E-state index in [1.165, 1.54) is 6.08 Å². The first-order chi connectivity index (χ1) is 13.5. The summed E-state index contributed by atoms with van der Waals surface area (Å²) in [5.41, 5.74) is 4.27. The zero-order chi connectivity index (χ0) is 20.1. The lowest BCUT2D eigenvalue weighted by molar-refractivity contribution is -0.111. The Morgan fingerprint density at radius 1 is 1.04 bits per heavy atom. The summed E-state index contributed by atoms with van der Waals surface area (Å²) in [6.07, 6.45) is 3.21. The van der Waals surface area contributed by atoms with Gasteiger partial charge in [-0.1, -0.05) is 18.2 Å². The van der Waals surface area contributed by atoms with Crippen LogP contribution in [0, 0.1) is 13.8 Å². The molecule has 0 aliphatic rings. The van der Waals surface area contributed by atoms with Crippen LogP contribution in [0.1, 0.15) is 17.0 Å². The quantitative estimate of drug-likeness (QED) is 0.655. The molecule has 0 spiro atoms. The Kier molecular flexibility index (Phi) is 5.79. The Morgan fingerprint density at radius 2 is 1.79 bits per heavy atom. The molecule has 2 aromatic carbocycles. The molecule has 0 unspecified atom stereocenters. The lowest BCUT2D eigenvalue weighted by Gasteiger charge is -2.11. The maximum atomic E-state index is 12.5. The number of nitrogens with one attached hydrogen (secondary N) is 1. The number of aromatic nitrogens is 2. The monoisotopic (exact) mass is 377 g/mol. The molecule has 1 heterocycles. The van der Waals surface area contributed by atoms with E-state index in [0.717, 1.165) is 22.6 Å². The van der Waals surface area contributed by atoms with Crippen molar-refractivity contribution >= 4 is 17.7 Å². The molecule has 0 saturated heterocycles. The van der Waals surface area contributed by atoms with E-state index in [2.05, 4.69) is 10.4 Å². The molecular weight excluding hydrogens is 354 g/mol. The van der Waals surface area contributed by atoms with Crippen LogP contribution in [-0.4, -0.2) is 29.9 Å². The summed E-state index contributed by atoms with van der Waals surface area (Å²) in [6, 6.07) is 15.0. The predicted molar refractivity (Wildman–Crippen MR) is 110 cm³/mol. The predicted octanol–water partition coefficient (Wildman–Crippen LogP) is 4.16. The minimum atomic E-state index is -0.233. The van der Waals surface area contributed by atoms with Gasteiger partial charge in [0.25, 0.3) is 0 Å². The first kappa shape index (κ1) is 19.2. The number of amides is 1. The number of aryl methyl sites for hydroxylation is 2. The van der Waals surface area contributed by atoms with Gasteiger partial charge in [-0.25, -0.2) is 4.68 Å². The fraction of sp³-hybridized carbons (Fsp3) is 0.182. The summed E-state index contributed by atoms with van der Waals surface area (Å²) in [7, 11) is 3.16. The van der Waals surface area contributed by atoms with Gasteiger partial charge in [-0.3, -0.25) is 4.79 Å². The smallest absolute Gasteiger partial charge is 0.248 e. The fourth-order valence-corrected chi connectivity index (χ4v) is 2.94. The van der Waals surface area contributed by atoms with Crippen molar-refractivity contribution in [2.75, 3.05) is 19.5 Å². The van der Waals surface area contributed by atoms with Gasteiger partial charge < -0.3 is 14.8 Å². The van der Waals surface area contributed by atoms with Gasteiger partial charge in [0, 0.05) is 11.8 Å². The highest BCUT2D eigenvalue weighted by Crippen LogP contribution is 2.28. The minimum absolute atomic E-state index is 0.233. The molecule has 0 fully saturated rings. The topological polar surface area (TPSA) is 65.4 Å². The molecule has 0 aliphatic carbocycles. The molecule has 3 rings (SSSR count). The van der Waals surface area contributed by atoms with Gasteiger partial charge in [-0.05, 0) is 55.8 Å². The average molecular weight is 377 g/mol. The molecule has 6 nitrogen and oxygen atoms in total. The van der Waals surface area contributed by atoms with Gasteiger partial charge in [0.1, 0.15) is 0 Å². The summed E-state index contributed by atoms with van der Waals surface area (Å²) in [4.78, 5) is 12.5. The lowest BCUT2D eigenvalue weighted by Crippen LogP contribution is -2.11. The molecule has 1 N–H and O–H groups in total. The SMILES string of the molecule is COc1ccc(/C=C/C(=O)Nc2ccccc2-n2nc(C)cc2C)cc1OC. The molecule has 6 heteroatoms. The van der Waals surface area contributed by atoms with E-state index in [1.54, 1.807) is 26.4 Å². The summed E-state index contributed by atoms with van der Waals surface area (Å²) < 4.78 is 12.3. The van der Waals surface area contributed by atoms with Crippen LogP contribution in [0.2, 0.25) is 0 Å². The highest BCUT2D eigenvalue weighted by molar-refractivity contribution is 6.03. The van der Waals surface area contributed by atoms with Crippen molar-refractivity contribution in [1.82, 2.24) is 9.78 Å². The molecule has 0 bridgehead atoms. The van der Waals surface area contributed by atoms with Crippen molar-refractivity contribution in [3.63, 3.8) is 0 Å². The molecule has 0 radical (unpaired) electrons. The summed E-state index contributed by atoms with van der Waals surface area (Å²) >= 11 is 0. The maximum absolute atomic E-state index is 12.5. The largest absolute Gasteiger partial charge is 0.493 e. The molecule has 1 aromatic heterocycles. The van der Waals surface area contributed by atoms with Gasteiger partial charge in [0.05, 0.1) is 31.3 Å². The molecule has 28 heavy (non-hydrogen) atoms. The number of carbonyl (C=O) groups is 1. The highest BCUT2D eigenvalue weighted by Gasteiger charge is 2.10. The molecule has 3 aromatic rings. The number of rotatable bonds is 6. The number of benzene rings is 2. The summed E-state index contributed by atoms with van der Waals surface area (Å²) in [5, 5.41) is 7.42. The van der Waals surface area contributed by atoms with E-state index in [9.17, 15) is 4.79 Å². The Balaban J connectivity index is 1.79. The van der Waals surface area contributed by atoms with Gasteiger partial charge in [-0.2, -0.15) is 5.10 Å². The van der Waals surface area contributed by atoms with Crippen LogP contribution >= 0.6 is 0 Å². The van der Waals surface area contributed by atoms with Crippen LogP contribution in [-0.2, 0) is 4.79 Å². The van der Waals surface area contributed by atoms with Crippen molar-refractivity contribution in [3.05, 3.63) is 71.6 Å². The van der Waals surface area contributed by atoms with Gasteiger partial charge >= 0.3 is 0 Å². The van der Waals surface area contributed by atoms with E-state index < -0.39 is 0 Å². The van der Waals surface area contributed by atoms with Gasteiger partial charge in [-0.15, -0.1) is 0 Å². The van der Waals surface area contributed by atoms with E-state index in [1.807, 2.05) is 61.0 Å². The zero-order valence-corrected chi connectivity index (χ0v) is 16.4. The number of hydrogen-bond acceptors (Lipinski definition) is 4. The average Bonchev–Trinajstić information content (AvgIpc) is 3.04. The van der Waals surface area contributed by atoms with E-state index in [4.69, 9.17) is 9.47 Å². The van der Waals surface area contributed by atoms with E-state index >= 15 is 0 Å². The number of methoxy groups -OCH3 is 2. The molecule has 0 aliphatic heterocycles. The lowest BCUT2D eigenvalue weighted by atomic mass is 10.2. The third-order valence-corrected chi connectivity index (χ3v) is 4.23. The molecule has 0 saturated carbocycles. The van der Waals surface area contributed by atoms with Crippen LogP contribution < -0.4 is 14.8 Å². The normalized spacial score (nSPS) is 10.9. The number of carbonyl (C=O) groups excluding carboxylic acids is 1. The second-order valence-corrected chi connectivity index (χ2v) is 6.29. The number of nitrogens with zero attached hydrogens (tertiary/aromatic N) is 2. The number of para-hydroxylation sites is 2. The fourth-order valence-electron chi connectivity index (χ4n) is 2.94. The Hall–Kier alpha value is -3.54. The number of hydrogen-bond donors (Lipinski definition) is 1. The number of anilines is 1. The van der Waals surface area contributed by atoms with Crippen LogP contribution in [0.4, 0.5) is 5.69 Å².